The molecule has 0 fully saturated rings. The molecule has 0 saturated carbocycles. The van der Waals surface area contributed by atoms with E-state index in [4.69, 9.17) is 30.1 Å². The van der Waals surface area contributed by atoms with Crippen molar-refractivity contribution in [2.24, 2.45) is 4.99 Å². The van der Waals surface area contributed by atoms with Gasteiger partial charge >= 0.3 is 11.9 Å². The SMILES string of the molecule is C#CCOc1c(Br)cc(/C=c2\sc3n(c2=O)[C@@H](c2ccc(OCC(=O)OC)c(OCC)c2)C(C(=O)OCC)=C(C)N=3)cc1OC. The topological polar surface area (TPSA) is 124 Å². The number of fused-ring (bicyclic) bond motifs is 1. The molecule has 236 valence electrons. The van der Waals surface area contributed by atoms with E-state index in [1.54, 1.807) is 57.2 Å². The van der Waals surface area contributed by atoms with Crippen LogP contribution in [0.25, 0.3) is 6.08 Å². The van der Waals surface area contributed by atoms with Gasteiger partial charge in [-0.1, -0.05) is 23.3 Å². The first-order chi connectivity index (χ1) is 21.7. The van der Waals surface area contributed by atoms with E-state index >= 15 is 0 Å². The van der Waals surface area contributed by atoms with Crippen molar-refractivity contribution >= 4 is 45.3 Å². The lowest BCUT2D eigenvalue weighted by Crippen LogP contribution is -2.40. The van der Waals surface area contributed by atoms with Gasteiger partial charge in [-0.25, -0.2) is 14.6 Å². The number of nitrogens with zero attached hydrogens (tertiary/aromatic N) is 2. The van der Waals surface area contributed by atoms with Crippen LogP contribution in [0, 0.1) is 12.3 Å². The number of ether oxygens (including phenoxy) is 6. The number of aromatic nitrogens is 1. The Bertz CT molecular complexity index is 1870. The number of thiazole rings is 1. The summed E-state index contributed by atoms with van der Waals surface area (Å²) in [6, 6.07) is 7.60. The molecule has 0 unspecified atom stereocenters. The normalized spacial score (nSPS) is 14.2. The number of methoxy groups -OCH3 is 2. The smallest absolute Gasteiger partial charge is 0.343 e. The van der Waals surface area contributed by atoms with Crippen LogP contribution in [0.5, 0.6) is 23.0 Å². The molecule has 2 aromatic carbocycles. The average molecular weight is 700 g/mol. The minimum atomic E-state index is -0.892. The average Bonchev–Trinajstić information content (AvgIpc) is 3.32. The monoisotopic (exact) mass is 698 g/mol. The first-order valence-electron chi connectivity index (χ1n) is 13.8. The second-order valence-corrected chi connectivity index (χ2v) is 11.2. The fourth-order valence-electron chi connectivity index (χ4n) is 4.61. The van der Waals surface area contributed by atoms with E-state index < -0.39 is 18.0 Å². The van der Waals surface area contributed by atoms with E-state index in [9.17, 15) is 14.4 Å². The molecule has 0 aliphatic carbocycles. The molecule has 0 bridgehead atoms. The predicted molar refractivity (Wildman–Crippen MR) is 171 cm³/mol. The van der Waals surface area contributed by atoms with Crippen molar-refractivity contribution in [2.75, 3.05) is 40.6 Å². The van der Waals surface area contributed by atoms with Crippen molar-refractivity contribution in [1.29, 1.82) is 0 Å². The van der Waals surface area contributed by atoms with Gasteiger partial charge in [0.25, 0.3) is 5.56 Å². The van der Waals surface area contributed by atoms with Crippen LogP contribution in [0.15, 0.2) is 55.9 Å². The summed E-state index contributed by atoms with van der Waals surface area (Å²) in [5.74, 6) is 2.75. The van der Waals surface area contributed by atoms with Crippen molar-refractivity contribution < 1.29 is 38.0 Å². The second-order valence-electron chi connectivity index (χ2n) is 9.33. The molecule has 1 aliphatic heterocycles. The van der Waals surface area contributed by atoms with Crippen molar-refractivity contribution in [3.8, 4) is 35.3 Å². The molecule has 11 nitrogen and oxygen atoms in total. The number of allylic oxidation sites excluding steroid dienone is 1. The maximum atomic E-state index is 14.1. The van der Waals surface area contributed by atoms with Gasteiger partial charge in [0.05, 0.1) is 53.8 Å². The fourth-order valence-corrected chi connectivity index (χ4v) is 6.23. The van der Waals surface area contributed by atoms with Crippen LogP contribution in [0.1, 0.15) is 37.9 Å². The van der Waals surface area contributed by atoms with Gasteiger partial charge in [-0.15, -0.1) is 6.42 Å². The van der Waals surface area contributed by atoms with Crippen LogP contribution in [-0.4, -0.2) is 57.2 Å². The molecule has 1 atom stereocenters. The molecule has 1 aliphatic rings. The van der Waals surface area contributed by atoms with E-state index in [2.05, 4.69) is 31.6 Å². The number of carbonyl (C=O) groups excluding carboxylic acids is 2. The molecule has 3 aromatic rings. The first-order valence-corrected chi connectivity index (χ1v) is 15.4. The molecule has 0 saturated heterocycles. The number of benzene rings is 2. The highest BCUT2D eigenvalue weighted by atomic mass is 79.9. The molecule has 0 spiro atoms. The summed E-state index contributed by atoms with van der Waals surface area (Å²) in [5.41, 5.74) is 1.45. The summed E-state index contributed by atoms with van der Waals surface area (Å²) in [5, 5.41) is 0. The van der Waals surface area contributed by atoms with Crippen molar-refractivity contribution in [3.05, 3.63) is 76.9 Å². The van der Waals surface area contributed by atoms with Gasteiger partial charge in [0.15, 0.2) is 34.4 Å². The summed E-state index contributed by atoms with van der Waals surface area (Å²) in [6.07, 6.45) is 7.05. The number of hydrogen-bond acceptors (Lipinski definition) is 11. The standard InChI is InChI=1S/C32H31BrN2O9S/c1-7-12-43-29-21(33)13-19(14-24(29)39-5)15-25-30(37)35-28(27(31(38)42-9-3)18(4)34-32(35)45-25)20-10-11-22(23(16-20)41-8-2)44-17-26(36)40-6/h1,10-11,13-16,28H,8-9,12,17H2,2-6H3/b25-15-/t28-/m0/s1. The summed E-state index contributed by atoms with van der Waals surface area (Å²) in [4.78, 5) is 44.1. The number of terminal acetylenes is 1. The van der Waals surface area contributed by atoms with Crippen LogP contribution >= 0.6 is 27.3 Å². The summed E-state index contributed by atoms with van der Waals surface area (Å²) >= 11 is 4.67. The lowest BCUT2D eigenvalue weighted by molar-refractivity contribution is -0.143. The van der Waals surface area contributed by atoms with E-state index in [0.717, 1.165) is 0 Å². The molecule has 0 amide bonds. The minimum Gasteiger partial charge on any atom is -0.493 e. The zero-order chi connectivity index (χ0) is 32.7. The van der Waals surface area contributed by atoms with Crippen molar-refractivity contribution in [2.45, 2.75) is 26.8 Å². The number of rotatable bonds is 12. The largest absolute Gasteiger partial charge is 0.493 e. The van der Waals surface area contributed by atoms with Crippen LogP contribution in [-0.2, 0) is 19.1 Å². The molecule has 2 heterocycles. The Hall–Kier alpha value is -4.54. The number of carbonyl (C=O) groups is 2. The van der Waals surface area contributed by atoms with Gasteiger partial charge in [-0.3, -0.25) is 9.36 Å². The molecule has 0 N–H and O–H groups in total. The van der Waals surface area contributed by atoms with Crippen molar-refractivity contribution in [3.63, 3.8) is 0 Å². The zero-order valence-corrected chi connectivity index (χ0v) is 27.7. The van der Waals surface area contributed by atoms with Gasteiger partial charge in [-0.05, 0) is 78.2 Å². The first kappa shape index (κ1) is 33.4. The van der Waals surface area contributed by atoms with E-state index in [0.29, 0.717) is 60.2 Å². The number of esters is 2. The Kier molecular flexibility index (Phi) is 11.1. The maximum Gasteiger partial charge on any atom is 0.343 e. The number of halogens is 1. The fraction of sp³-hybridized carbons (Fsp3) is 0.312. The van der Waals surface area contributed by atoms with Gasteiger partial charge in [0.2, 0.25) is 0 Å². The van der Waals surface area contributed by atoms with Gasteiger partial charge in [0, 0.05) is 0 Å². The molecular weight excluding hydrogens is 668 g/mol. The maximum absolute atomic E-state index is 14.1. The predicted octanol–water partition coefficient (Wildman–Crippen LogP) is 3.53. The lowest BCUT2D eigenvalue weighted by Gasteiger charge is -2.25. The Morgan fingerprint density at radius 2 is 1.87 bits per heavy atom. The molecule has 45 heavy (non-hydrogen) atoms. The highest BCUT2D eigenvalue weighted by molar-refractivity contribution is 9.10. The molecule has 1 aromatic heterocycles. The highest BCUT2D eigenvalue weighted by Gasteiger charge is 2.34. The molecular formula is C32H31BrN2O9S. The number of hydrogen-bond donors (Lipinski definition) is 0. The van der Waals surface area contributed by atoms with E-state index in [1.165, 1.54) is 30.1 Å². The second kappa shape index (κ2) is 15.0. The summed E-state index contributed by atoms with van der Waals surface area (Å²) < 4.78 is 35.0. The van der Waals surface area contributed by atoms with Gasteiger partial charge < -0.3 is 28.4 Å². The van der Waals surface area contributed by atoms with Crippen LogP contribution in [0.2, 0.25) is 0 Å². The van der Waals surface area contributed by atoms with Crippen LogP contribution in [0.4, 0.5) is 0 Å². The highest BCUT2D eigenvalue weighted by Crippen LogP contribution is 2.38. The summed E-state index contributed by atoms with van der Waals surface area (Å²) in [7, 11) is 2.77. The van der Waals surface area contributed by atoms with Crippen LogP contribution in [0.3, 0.4) is 0 Å². The van der Waals surface area contributed by atoms with Crippen LogP contribution < -0.4 is 33.8 Å². The van der Waals surface area contributed by atoms with Gasteiger partial charge in [0.1, 0.15) is 6.61 Å². The third kappa shape index (κ3) is 7.24. The van der Waals surface area contributed by atoms with E-state index in [1.807, 2.05) is 0 Å². The minimum absolute atomic E-state index is 0.0540. The van der Waals surface area contributed by atoms with Crippen molar-refractivity contribution in [1.82, 2.24) is 4.57 Å². The Morgan fingerprint density at radius 1 is 1.09 bits per heavy atom. The van der Waals surface area contributed by atoms with Gasteiger partial charge in [-0.2, -0.15) is 0 Å². The van der Waals surface area contributed by atoms with E-state index in [-0.39, 0.29) is 31.0 Å². The zero-order valence-electron chi connectivity index (χ0n) is 25.3. The molecule has 0 radical (unpaired) electrons. The quantitative estimate of drug-likeness (QED) is 0.206. The Balaban J connectivity index is 1.89. The Labute approximate surface area is 271 Å². The lowest BCUT2D eigenvalue weighted by atomic mass is 9.95. The summed E-state index contributed by atoms with van der Waals surface area (Å²) in [6.45, 7) is 5.36. The third-order valence-corrected chi connectivity index (χ3v) is 8.09. The Morgan fingerprint density at radius 3 is 2.53 bits per heavy atom. The molecule has 4 rings (SSSR count). The molecule has 13 heteroatoms. The third-order valence-electron chi connectivity index (χ3n) is 6.52.